The summed E-state index contributed by atoms with van der Waals surface area (Å²) in [6.45, 7) is 5.13. The van der Waals surface area contributed by atoms with Crippen LogP contribution in [0, 0.1) is 0 Å². The van der Waals surface area contributed by atoms with E-state index < -0.39 is 0 Å². The molecule has 1 aromatic heterocycles. The number of rotatable bonds is 4. The van der Waals surface area contributed by atoms with E-state index >= 15 is 0 Å². The van der Waals surface area contributed by atoms with Crippen molar-refractivity contribution >= 4 is 17.4 Å². The van der Waals surface area contributed by atoms with Gasteiger partial charge in [-0.25, -0.2) is 9.97 Å². The van der Waals surface area contributed by atoms with Crippen molar-refractivity contribution < 1.29 is 0 Å². The molecule has 3 rings (SSSR count). The second-order valence-corrected chi connectivity index (χ2v) is 5.67. The fourth-order valence-corrected chi connectivity index (χ4v) is 2.88. The summed E-state index contributed by atoms with van der Waals surface area (Å²) in [5.74, 6) is 0.856. The zero-order chi connectivity index (χ0) is 14.5. The van der Waals surface area contributed by atoms with E-state index in [-0.39, 0.29) is 0 Å². The van der Waals surface area contributed by atoms with Crippen molar-refractivity contribution in [1.29, 1.82) is 0 Å². The molecule has 0 N–H and O–H groups in total. The first-order valence-electron chi connectivity index (χ1n) is 7.29. The molecule has 0 saturated carbocycles. The summed E-state index contributed by atoms with van der Waals surface area (Å²) in [4.78, 5) is 13.0. The van der Waals surface area contributed by atoms with Gasteiger partial charge in [0.25, 0.3) is 0 Å². The third-order valence-corrected chi connectivity index (χ3v) is 4.15. The van der Waals surface area contributed by atoms with Crippen LogP contribution in [-0.2, 0) is 6.42 Å². The molecule has 4 nitrogen and oxygen atoms in total. The molecule has 2 aromatic rings. The molecule has 0 unspecified atom stereocenters. The van der Waals surface area contributed by atoms with Gasteiger partial charge >= 0.3 is 0 Å². The molecule has 1 fully saturated rings. The van der Waals surface area contributed by atoms with E-state index in [9.17, 15) is 0 Å². The van der Waals surface area contributed by atoms with Crippen LogP contribution in [0.25, 0.3) is 0 Å². The van der Waals surface area contributed by atoms with Gasteiger partial charge in [0.15, 0.2) is 5.82 Å². The molecule has 0 amide bonds. The first kappa shape index (κ1) is 14.3. The Bertz CT molecular complexity index is 567. The molecule has 0 spiro atoms. The Morgan fingerprint density at radius 3 is 2.52 bits per heavy atom. The SMILES string of the molecule is Clc1cncnc1N1CCN(CCc2ccccc2)CC1. The fraction of sp³-hybridized carbons (Fsp3) is 0.375. The Balaban J connectivity index is 1.50. The van der Waals surface area contributed by atoms with Gasteiger partial charge in [-0.05, 0) is 12.0 Å². The highest BCUT2D eigenvalue weighted by Gasteiger charge is 2.19. The third kappa shape index (κ3) is 3.71. The van der Waals surface area contributed by atoms with Gasteiger partial charge in [-0.3, -0.25) is 4.90 Å². The first-order chi connectivity index (χ1) is 10.3. The normalized spacial score (nSPS) is 16.1. The van der Waals surface area contributed by atoms with Crippen LogP contribution in [0.15, 0.2) is 42.9 Å². The first-order valence-corrected chi connectivity index (χ1v) is 7.67. The number of hydrogen-bond acceptors (Lipinski definition) is 4. The van der Waals surface area contributed by atoms with Gasteiger partial charge in [0.2, 0.25) is 0 Å². The Morgan fingerprint density at radius 1 is 1.05 bits per heavy atom. The van der Waals surface area contributed by atoms with Crippen LogP contribution in [0.1, 0.15) is 5.56 Å². The number of halogens is 1. The van der Waals surface area contributed by atoms with E-state index in [2.05, 4.69) is 50.1 Å². The van der Waals surface area contributed by atoms with Gasteiger partial charge in [-0.2, -0.15) is 0 Å². The van der Waals surface area contributed by atoms with Crippen molar-refractivity contribution in [1.82, 2.24) is 14.9 Å². The van der Waals surface area contributed by atoms with Crippen molar-refractivity contribution in [2.24, 2.45) is 0 Å². The molecule has 21 heavy (non-hydrogen) atoms. The van der Waals surface area contributed by atoms with Gasteiger partial charge in [0, 0.05) is 32.7 Å². The third-order valence-electron chi connectivity index (χ3n) is 3.88. The minimum Gasteiger partial charge on any atom is -0.353 e. The van der Waals surface area contributed by atoms with Crippen molar-refractivity contribution in [3.05, 3.63) is 53.4 Å². The lowest BCUT2D eigenvalue weighted by Gasteiger charge is -2.35. The number of nitrogens with zero attached hydrogens (tertiary/aromatic N) is 4. The molecule has 5 heteroatoms. The molecule has 110 valence electrons. The zero-order valence-corrected chi connectivity index (χ0v) is 12.7. The van der Waals surface area contributed by atoms with Crippen LogP contribution >= 0.6 is 11.6 Å². The molecule has 1 aromatic carbocycles. The van der Waals surface area contributed by atoms with Gasteiger partial charge in [-0.1, -0.05) is 41.9 Å². The van der Waals surface area contributed by atoms with Crippen LogP contribution < -0.4 is 4.90 Å². The highest BCUT2D eigenvalue weighted by Crippen LogP contribution is 2.22. The summed E-state index contributed by atoms with van der Waals surface area (Å²) in [5.41, 5.74) is 1.40. The standard InChI is InChI=1S/C16H19ClN4/c17-15-12-18-13-19-16(15)21-10-8-20(9-11-21)7-6-14-4-2-1-3-5-14/h1-5,12-13H,6-11H2. The molecule has 0 atom stereocenters. The van der Waals surface area contributed by atoms with Gasteiger partial charge < -0.3 is 4.90 Å². The monoisotopic (exact) mass is 302 g/mol. The van der Waals surface area contributed by atoms with Crippen molar-refractivity contribution in [3.8, 4) is 0 Å². The number of piperazine rings is 1. The Labute approximate surface area is 130 Å². The molecular weight excluding hydrogens is 284 g/mol. The Hall–Kier alpha value is -1.65. The average Bonchev–Trinajstić information content (AvgIpc) is 2.55. The number of benzene rings is 1. The lowest BCUT2D eigenvalue weighted by atomic mass is 10.1. The number of hydrogen-bond donors (Lipinski definition) is 0. The summed E-state index contributed by atoms with van der Waals surface area (Å²) in [5, 5.41) is 0.634. The van der Waals surface area contributed by atoms with Crippen molar-refractivity contribution in [2.75, 3.05) is 37.6 Å². The smallest absolute Gasteiger partial charge is 0.150 e. The second kappa shape index (κ2) is 6.87. The Morgan fingerprint density at radius 2 is 1.81 bits per heavy atom. The largest absolute Gasteiger partial charge is 0.353 e. The van der Waals surface area contributed by atoms with E-state index in [0.717, 1.165) is 45.0 Å². The average molecular weight is 303 g/mol. The molecular formula is C16H19ClN4. The lowest BCUT2D eigenvalue weighted by Crippen LogP contribution is -2.47. The molecule has 1 aliphatic heterocycles. The van der Waals surface area contributed by atoms with Crippen LogP contribution in [0.2, 0.25) is 5.02 Å². The maximum Gasteiger partial charge on any atom is 0.150 e. The Kier molecular flexibility index (Phi) is 4.68. The molecule has 0 bridgehead atoms. The summed E-state index contributed by atoms with van der Waals surface area (Å²) in [6.07, 6.45) is 4.32. The maximum absolute atomic E-state index is 6.15. The quantitative estimate of drug-likeness (QED) is 0.868. The molecule has 2 heterocycles. The number of aromatic nitrogens is 2. The van der Waals surface area contributed by atoms with Crippen LogP contribution in [0.4, 0.5) is 5.82 Å². The molecule has 1 aliphatic rings. The summed E-state index contributed by atoms with van der Waals surface area (Å²) >= 11 is 6.15. The molecule has 1 saturated heterocycles. The zero-order valence-electron chi connectivity index (χ0n) is 12.0. The molecule has 0 aliphatic carbocycles. The minimum absolute atomic E-state index is 0.634. The van der Waals surface area contributed by atoms with Crippen LogP contribution in [0.5, 0.6) is 0 Å². The van der Waals surface area contributed by atoms with Crippen molar-refractivity contribution in [3.63, 3.8) is 0 Å². The minimum atomic E-state index is 0.634. The summed E-state index contributed by atoms with van der Waals surface area (Å²) in [7, 11) is 0. The van der Waals surface area contributed by atoms with Gasteiger partial charge in [-0.15, -0.1) is 0 Å². The van der Waals surface area contributed by atoms with E-state index in [1.54, 1.807) is 12.5 Å². The van der Waals surface area contributed by atoms with E-state index in [1.165, 1.54) is 5.56 Å². The summed E-state index contributed by atoms with van der Waals surface area (Å²) < 4.78 is 0. The van der Waals surface area contributed by atoms with E-state index in [1.807, 2.05) is 0 Å². The van der Waals surface area contributed by atoms with Crippen LogP contribution in [0.3, 0.4) is 0 Å². The van der Waals surface area contributed by atoms with E-state index in [4.69, 9.17) is 11.6 Å². The van der Waals surface area contributed by atoms with Crippen LogP contribution in [-0.4, -0.2) is 47.6 Å². The predicted molar refractivity (Wildman–Crippen MR) is 85.8 cm³/mol. The maximum atomic E-state index is 6.15. The topological polar surface area (TPSA) is 32.3 Å². The second-order valence-electron chi connectivity index (χ2n) is 5.26. The highest BCUT2D eigenvalue weighted by molar-refractivity contribution is 6.32. The lowest BCUT2D eigenvalue weighted by molar-refractivity contribution is 0.260. The fourth-order valence-electron chi connectivity index (χ4n) is 2.65. The molecule has 0 radical (unpaired) electrons. The van der Waals surface area contributed by atoms with E-state index in [0.29, 0.717) is 5.02 Å². The van der Waals surface area contributed by atoms with Gasteiger partial charge in [0.05, 0.1) is 6.20 Å². The summed E-state index contributed by atoms with van der Waals surface area (Å²) in [6, 6.07) is 10.6. The van der Waals surface area contributed by atoms with Crippen molar-refractivity contribution in [2.45, 2.75) is 6.42 Å². The predicted octanol–water partition coefficient (Wildman–Crippen LogP) is 2.49. The number of anilines is 1. The van der Waals surface area contributed by atoms with Gasteiger partial charge in [0.1, 0.15) is 11.3 Å². The highest BCUT2D eigenvalue weighted by atomic mass is 35.5.